The highest BCUT2D eigenvalue weighted by Gasteiger charge is 2.04. The van der Waals surface area contributed by atoms with Crippen molar-refractivity contribution in [1.82, 2.24) is 15.3 Å². The Labute approximate surface area is 125 Å². The fourth-order valence-corrected chi connectivity index (χ4v) is 2.40. The summed E-state index contributed by atoms with van der Waals surface area (Å²) < 4.78 is 0. The molecule has 1 unspecified atom stereocenters. The number of nitrogens with zero attached hydrogens (tertiary/aromatic N) is 2. The van der Waals surface area contributed by atoms with Gasteiger partial charge in [-0.3, -0.25) is 4.98 Å². The van der Waals surface area contributed by atoms with E-state index in [4.69, 9.17) is 0 Å². The van der Waals surface area contributed by atoms with E-state index in [1.165, 1.54) is 5.56 Å². The number of rotatable bonds is 5. The Morgan fingerprint density at radius 3 is 2.48 bits per heavy atom. The second kappa shape index (κ2) is 6.46. The molecule has 1 aromatic heterocycles. The number of nitrogens with one attached hydrogen (secondary N) is 1. The first-order valence-electron chi connectivity index (χ1n) is 7.29. The van der Waals surface area contributed by atoms with Gasteiger partial charge in [-0.15, -0.1) is 0 Å². The lowest BCUT2D eigenvalue weighted by atomic mass is 10.1. The Balaban J connectivity index is 1.60. The van der Waals surface area contributed by atoms with Crippen molar-refractivity contribution in [2.45, 2.75) is 25.9 Å². The second-order valence-electron chi connectivity index (χ2n) is 5.32. The van der Waals surface area contributed by atoms with Crippen molar-refractivity contribution in [3.05, 3.63) is 72.1 Å². The van der Waals surface area contributed by atoms with E-state index >= 15 is 0 Å². The number of benzene rings is 2. The first-order valence-corrected chi connectivity index (χ1v) is 7.29. The lowest BCUT2D eigenvalue weighted by molar-refractivity contribution is 0.540. The summed E-state index contributed by atoms with van der Waals surface area (Å²) in [6.45, 7) is 2.94. The third-order valence-corrected chi connectivity index (χ3v) is 3.51. The van der Waals surface area contributed by atoms with Gasteiger partial charge in [0.15, 0.2) is 0 Å². The van der Waals surface area contributed by atoms with Crippen LogP contribution >= 0.6 is 0 Å². The summed E-state index contributed by atoms with van der Waals surface area (Å²) in [4.78, 5) is 9.07. The van der Waals surface area contributed by atoms with Gasteiger partial charge in [-0.2, -0.15) is 0 Å². The fraction of sp³-hybridized carbons (Fsp3) is 0.222. The van der Waals surface area contributed by atoms with Gasteiger partial charge in [0, 0.05) is 12.6 Å². The van der Waals surface area contributed by atoms with Crippen LogP contribution in [0, 0.1) is 0 Å². The molecule has 106 valence electrons. The van der Waals surface area contributed by atoms with Crippen LogP contribution in [0.3, 0.4) is 0 Å². The van der Waals surface area contributed by atoms with Crippen LogP contribution in [-0.2, 0) is 13.0 Å². The van der Waals surface area contributed by atoms with Crippen LogP contribution in [0.4, 0.5) is 0 Å². The molecular weight excluding hydrogens is 258 g/mol. The molecule has 0 aliphatic heterocycles. The van der Waals surface area contributed by atoms with Gasteiger partial charge in [-0.25, -0.2) is 4.98 Å². The monoisotopic (exact) mass is 277 g/mol. The van der Waals surface area contributed by atoms with Gasteiger partial charge in [0.2, 0.25) is 0 Å². The maximum absolute atomic E-state index is 4.63. The van der Waals surface area contributed by atoms with E-state index in [0.717, 1.165) is 29.7 Å². The number of para-hydroxylation sites is 2. The molecule has 1 atom stereocenters. The molecule has 0 bridgehead atoms. The lowest BCUT2D eigenvalue weighted by Crippen LogP contribution is -2.28. The molecular formula is C18H19N3. The highest BCUT2D eigenvalue weighted by molar-refractivity contribution is 5.73. The highest BCUT2D eigenvalue weighted by Crippen LogP contribution is 2.09. The van der Waals surface area contributed by atoms with Crippen LogP contribution in [0.5, 0.6) is 0 Å². The number of aromatic nitrogens is 2. The normalized spacial score (nSPS) is 12.4. The summed E-state index contributed by atoms with van der Waals surface area (Å²) in [5, 5.41) is 3.51. The van der Waals surface area contributed by atoms with Gasteiger partial charge in [-0.05, 0) is 31.0 Å². The van der Waals surface area contributed by atoms with Crippen molar-refractivity contribution in [1.29, 1.82) is 0 Å². The third kappa shape index (κ3) is 3.64. The molecule has 1 heterocycles. The van der Waals surface area contributed by atoms with E-state index < -0.39 is 0 Å². The molecule has 2 aromatic carbocycles. The fourth-order valence-electron chi connectivity index (χ4n) is 2.40. The Kier molecular flexibility index (Phi) is 4.22. The highest BCUT2D eigenvalue weighted by atomic mass is 14.9. The molecule has 0 saturated carbocycles. The van der Waals surface area contributed by atoms with Crippen LogP contribution < -0.4 is 5.32 Å². The lowest BCUT2D eigenvalue weighted by Gasteiger charge is -2.13. The van der Waals surface area contributed by atoms with Crippen molar-refractivity contribution < 1.29 is 0 Å². The van der Waals surface area contributed by atoms with Gasteiger partial charge in [0.1, 0.15) is 0 Å². The zero-order valence-corrected chi connectivity index (χ0v) is 12.2. The van der Waals surface area contributed by atoms with Gasteiger partial charge in [0.05, 0.1) is 22.9 Å². The number of hydrogen-bond donors (Lipinski definition) is 1. The van der Waals surface area contributed by atoms with E-state index in [0.29, 0.717) is 6.04 Å². The molecule has 3 rings (SSSR count). The predicted molar refractivity (Wildman–Crippen MR) is 86.0 cm³/mol. The number of fused-ring (bicyclic) bond motifs is 1. The summed E-state index contributed by atoms with van der Waals surface area (Å²) in [6, 6.07) is 18.9. The van der Waals surface area contributed by atoms with Crippen molar-refractivity contribution in [2.75, 3.05) is 0 Å². The topological polar surface area (TPSA) is 37.8 Å². The Morgan fingerprint density at radius 2 is 1.67 bits per heavy atom. The first-order chi connectivity index (χ1) is 10.3. The summed E-state index contributed by atoms with van der Waals surface area (Å²) in [7, 11) is 0. The molecule has 0 amide bonds. The smallest absolute Gasteiger partial charge is 0.0890 e. The van der Waals surface area contributed by atoms with Crippen LogP contribution in [0.15, 0.2) is 60.8 Å². The van der Waals surface area contributed by atoms with Crippen molar-refractivity contribution in [3.63, 3.8) is 0 Å². The standard InChI is InChI=1S/C18H19N3/c1-14(11-15-7-3-2-4-8-15)19-12-16-13-20-17-9-5-6-10-18(17)21-16/h2-10,13-14,19H,11-12H2,1H3. The summed E-state index contributed by atoms with van der Waals surface area (Å²) in [5.74, 6) is 0. The first kappa shape index (κ1) is 13.7. The van der Waals surface area contributed by atoms with Crippen LogP contribution in [0.2, 0.25) is 0 Å². The molecule has 21 heavy (non-hydrogen) atoms. The zero-order valence-electron chi connectivity index (χ0n) is 12.2. The largest absolute Gasteiger partial charge is 0.308 e. The maximum Gasteiger partial charge on any atom is 0.0890 e. The molecule has 1 N–H and O–H groups in total. The zero-order chi connectivity index (χ0) is 14.5. The minimum absolute atomic E-state index is 0.403. The maximum atomic E-state index is 4.63. The van der Waals surface area contributed by atoms with E-state index in [1.807, 2.05) is 36.5 Å². The van der Waals surface area contributed by atoms with Crippen molar-refractivity contribution >= 4 is 11.0 Å². The van der Waals surface area contributed by atoms with E-state index in [1.54, 1.807) is 0 Å². The second-order valence-corrected chi connectivity index (χ2v) is 5.32. The van der Waals surface area contributed by atoms with Gasteiger partial charge < -0.3 is 5.32 Å². The molecule has 0 aliphatic rings. The quantitative estimate of drug-likeness (QED) is 0.777. The molecule has 3 nitrogen and oxygen atoms in total. The molecule has 0 fully saturated rings. The number of hydrogen-bond acceptors (Lipinski definition) is 3. The average Bonchev–Trinajstić information content (AvgIpc) is 2.54. The molecule has 0 aliphatic carbocycles. The average molecular weight is 277 g/mol. The minimum Gasteiger partial charge on any atom is -0.308 e. The summed E-state index contributed by atoms with van der Waals surface area (Å²) >= 11 is 0. The van der Waals surface area contributed by atoms with Crippen LogP contribution in [0.25, 0.3) is 11.0 Å². The third-order valence-electron chi connectivity index (χ3n) is 3.51. The van der Waals surface area contributed by atoms with E-state index in [-0.39, 0.29) is 0 Å². The van der Waals surface area contributed by atoms with Crippen molar-refractivity contribution in [2.24, 2.45) is 0 Å². The predicted octanol–water partition coefficient (Wildman–Crippen LogP) is 3.35. The summed E-state index contributed by atoms with van der Waals surface area (Å²) in [6.07, 6.45) is 2.87. The minimum atomic E-state index is 0.403. The summed E-state index contributed by atoms with van der Waals surface area (Å²) in [5.41, 5.74) is 4.22. The van der Waals surface area contributed by atoms with Gasteiger partial charge >= 0.3 is 0 Å². The molecule has 3 heteroatoms. The van der Waals surface area contributed by atoms with Gasteiger partial charge in [-0.1, -0.05) is 42.5 Å². The van der Waals surface area contributed by atoms with Crippen LogP contribution in [0.1, 0.15) is 18.2 Å². The van der Waals surface area contributed by atoms with E-state index in [9.17, 15) is 0 Å². The van der Waals surface area contributed by atoms with E-state index in [2.05, 4.69) is 46.5 Å². The molecule has 0 saturated heterocycles. The molecule has 0 spiro atoms. The molecule has 0 radical (unpaired) electrons. The van der Waals surface area contributed by atoms with Crippen molar-refractivity contribution in [3.8, 4) is 0 Å². The van der Waals surface area contributed by atoms with Gasteiger partial charge in [0.25, 0.3) is 0 Å². The molecule has 3 aromatic rings. The Bertz CT molecular complexity index is 710. The SMILES string of the molecule is CC(Cc1ccccc1)NCc1cnc2ccccc2n1. The Morgan fingerprint density at radius 1 is 0.952 bits per heavy atom. The van der Waals surface area contributed by atoms with Crippen LogP contribution in [-0.4, -0.2) is 16.0 Å². The Hall–Kier alpha value is -2.26.